The third kappa shape index (κ3) is 2.40. The number of aryl methyl sites for hydroxylation is 3. The summed E-state index contributed by atoms with van der Waals surface area (Å²) in [6.45, 7) is 5.39. The molecule has 1 atom stereocenters. The second-order valence-electron chi connectivity index (χ2n) is 4.35. The molecule has 0 aliphatic rings. The van der Waals surface area contributed by atoms with E-state index in [-0.39, 0.29) is 5.82 Å². The van der Waals surface area contributed by atoms with Crippen molar-refractivity contribution in [2.45, 2.75) is 26.1 Å². The van der Waals surface area contributed by atoms with Crippen molar-refractivity contribution in [3.63, 3.8) is 0 Å². The van der Waals surface area contributed by atoms with Gasteiger partial charge in [0.2, 0.25) is 0 Å². The summed E-state index contributed by atoms with van der Waals surface area (Å²) >= 11 is 12.5. The first kappa shape index (κ1) is 13.4. The predicted octanol–water partition coefficient (Wildman–Crippen LogP) is 5.33. The van der Waals surface area contributed by atoms with E-state index in [1.165, 1.54) is 6.07 Å². The normalized spacial score (nSPS) is 12.8. The van der Waals surface area contributed by atoms with Crippen LogP contribution in [0.25, 0.3) is 0 Å². The largest absolute Gasteiger partial charge is 0.466 e. The third-order valence-electron chi connectivity index (χ3n) is 2.90. The molecule has 0 amide bonds. The Labute approximate surface area is 116 Å². The van der Waals surface area contributed by atoms with Gasteiger partial charge in [0.25, 0.3) is 0 Å². The molecule has 1 aromatic heterocycles. The minimum atomic E-state index is -0.436. The van der Waals surface area contributed by atoms with Gasteiger partial charge in [-0.3, -0.25) is 0 Å². The monoisotopic (exact) mass is 286 g/mol. The zero-order chi connectivity index (χ0) is 13.4. The van der Waals surface area contributed by atoms with Crippen molar-refractivity contribution in [1.82, 2.24) is 0 Å². The van der Waals surface area contributed by atoms with E-state index in [1.807, 2.05) is 19.9 Å². The number of alkyl halides is 1. The van der Waals surface area contributed by atoms with E-state index in [0.717, 1.165) is 17.1 Å². The molecule has 0 aliphatic heterocycles. The number of rotatable bonds is 2. The fourth-order valence-electron chi connectivity index (χ4n) is 1.94. The van der Waals surface area contributed by atoms with Gasteiger partial charge >= 0.3 is 0 Å². The van der Waals surface area contributed by atoms with Gasteiger partial charge < -0.3 is 4.42 Å². The Kier molecular flexibility index (Phi) is 3.69. The molecule has 0 N–H and O–H groups in total. The van der Waals surface area contributed by atoms with Crippen molar-refractivity contribution in [3.05, 3.63) is 57.2 Å². The number of benzene rings is 1. The molecule has 96 valence electrons. The molecule has 2 rings (SSSR count). The lowest BCUT2D eigenvalue weighted by Crippen LogP contribution is -1.97. The maximum atomic E-state index is 13.4. The van der Waals surface area contributed by atoms with Crippen LogP contribution in [-0.2, 0) is 0 Å². The zero-order valence-corrected chi connectivity index (χ0v) is 11.9. The Morgan fingerprint density at radius 3 is 2.33 bits per heavy atom. The fourth-order valence-corrected chi connectivity index (χ4v) is 2.66. The summed E-state index contributed by atoms with van der Waals surface area (Å²) in [6, 6.07) is 4.85. The Bertz CT molecular complexity index is 590. The molecule has 1 unspecified atom stereocenters. The molecule has 0 saturated heterocycles. The molecule has 0 radical (unpaired) electrons. The minimum absolute atomic E-state index is 0.326. The van der Waals surface area contributed by atoms with E-state index < -0.39 is 5.38 Å². The minimum Gasteiger partial charge on any atom is -0.466 e. The summed E-state index contributed by atoms with van der Waals surface area (Å²) in [5.41, 5.74) is 2.08. The van der Waals surface area contributed by atoms with Crippen LogP contribution in [0.3, 0.4) is 0 Å². The van der Waals surface area contributed by atoms with E-state index in [0.29, 0.717) is 16.1 Å². The van der Waals surface area contributed by atoms with Crippen molar-refractivity contribution in [2.75, 3.05) is 0 Å². The van der Waals surface area contributed by atoms with Gasteiger partial charge in [-0.2, -0.15) is 0 Å². The van der Waals surface area contributed by atoms with Crippen molar-refractivity contribution in [1.29, 1.82) is 0 Å². The van der Waals surface area contributed by atoms with Gasteiger partial charge in [0.1, 0.15) is 17.3 Å². The summed E-state index contributed by atoms with van der Waals surface area (Å²) in [5.74, 6) is 1.22. The number of halogens is 3. The van der Waals surface area contributed by atoms with E-state index in [2.05, 4.69) is 0 Å². The number of hydrogen-bond acceptors (Lipinski definition) is 1. The molecule has 1 heterocycles. The second kappa shape index (κ2) is 4.94. The quantitative estimate of drug-likeness (QED) is 0.681. The van der Waals surface area contributed by atoms with Gasteiger partial charge in [-0.25, -0.2) is 4.39 Å². The lowest BCUT2D eigenvalue weighted by molar-refractivity contribution is 0.501. The van der Waals surface area contributed by atoms with Gasteiger partial charge in [0.15, 0.2) is 0 Å². The van der Waals surface area contributed by atoms with Crippen molar-refractivity contribution in [2.24, 2.45) is 0 Å². The van der Waals surface area contributed by atoms with Gasteiger partial charge in [0, 0.05) is 10.6 Å². The van der Waals surface area contributed by atoms with Crippen LogP contribution in [0.15, 0.2) is 22.6 Å². The Hall–Kier alpha value is -0.990. The molecule has 0 saturated carbocycles. The van der Waals surface area contributed by atoms with Crippen LogP contribution in [0, 0.1) is 26.6 Å². The lowest BCUT2D eigenvalue weighted by atomic mass is 10.0. The Morgan fingerprint density at radius 1 is 1.11 bits per heavy atom. The van der Waals surface area contributed by atoms with Crippen LogP contribution in [0.1, 0.15) is 33.6 Å². The molecule has 1 nitrogen and oxygen atoms in total. The molecular formula is C14H13Cl2FO. The van der Waals surface area contributed by atoms with Crippen molar-refractivity contribution >= 4 is 23.2 Å². The molecular weight excluding hydrogens is 274 g/mol. The van der Waals surface area contributed by atoms with Crippen LogP contribution >= 0.6 is 23.2 Å². The molecule has 0 aliphatic carbocycles. The highest BCUT2D eigenvalue weighted by Crippen LogP contribution is 2.37. The van der Waals surface area contributed by atoms with Gasteiger partial charge in [0.05, 0.1) is 5.38 Å². The van der Waals surface area contributed by atoms with Crippen LogP contribution in [0.4, 0.5) is 4.39 Å². The molecule has 4 heteroatoms. The summed E-state index contributed by atoms with van der Waals surface area (Å²) in [7, 11) is 0. The smallest absolute Gasteiger partial charge is 0.127 e. The van der Waals surface area contributed by atoms with Gasteiger partial charge in [-0.1, -0.05) is 11.6 Å². The number of hydrogen-bond donors (Lipinski definition) is 0. The standard InChI is InChI=1S/C14H13Cl2FO/c1-7-4-11(12(15)6-13(7)17)14(16)10-5-8(2)18-9(10)3/h4-6,14H,1-3H3. The maximum absolute atomic E-state index is 13.4. The van der Waals surface area contributed by atoms with Crippen LogP contribution in [0.5, 0.6) is 0 Å². The third-order valence-corrected chi connectivity index (χ3v) is 3.70. The molecule has 2 aromatic rings. The van der Waals surface area contributed by atoms with Crippen LogP contribution in [0.2, 0.25) is 5.02 Å². The molecule has 1 aromatic carbocycles. The highest BCUT2D eigenvalue weighted by molar-refractivity contribution is 6.33. The molecule has 18 heavy (non-hydrogen) atoms. The summed E-state index contributed by atoms with van der Waals surface area (Å²) in [6.07, 6.45) is 0. The maximum Gasteiger partial charge on any atom is 0.127 e. The summed E-state index contributed by atoms with van der Waals surface area (Å²) in [5, 5.41) is -0.106. The van der Waals surface area contributed by atoms with E-state index in [9.17, 15) is 4.39 Å². The van der Waals surface area contributed by atoms with E-state index in [1.54, 1.807) is 13.0 Å². The Balaban J connectivity index is 2.49. The molecule has 0 fully saturated rings. The SMILES string of the molecule is Cc1cc(C(Cl)c2cc(C)c(F)cc2Cl)c(C)o1. The molecule has 0 bridgehead atoms. The average molecular weight is 287 g/mol. The Morgan fingerprint density at radius 2 is 1.78 bits per heavy atom. The van der Waals surface area contributed by atoms with Gasteiger partial charge in [-0.05, 0) is 50.1 Å². The average Bonchev–Trinajstić information content (AvgIpc) is 2.62. The van der Waals surface area contributed by atoms with Crippen molar-refractivity contribution in [3.8, 4) is 0 Å². The van der Waals surface area contributed by atoms with Crippen LogP contribution in [-0.4, -0.2) is 0 Å². The van der Waals surface area contributed by atoms with Gasteiger partial charge in [-0.15, -0.1) is 11.6 Å². The highest BCUT2D eigenvalue weighted by Gasteiger charge is 2.20. The fraction of sp³-hybridized carbons (Fsp3) is 0.286. The highest BCUT2D eigenvalue weighted by atomic mass is 35.5. The van der Waals surface area contributed by atoms with Crippen LogP contribution < -0.4 is 0 Å². The van der Waals surface area contributed by atoms with E-state index in [4.69, 9.17) is 27.6 Å². The first-order valence-corrected chi connectivity index (χ1v) is 6.38. The first-order valence-electron chi connectivity index (χ1n) is 5.56. The summed E-state index contributed by atoms with van der Waals surface area (Å²) < 4.78 is 18.8. The zero-order valence-electron chi connectivity index (χ0n) is 10.4. The van der Waals surface area contributed by atoms with E-state index >= 15 is 0 Å². The topological polar surface area (TPSA) is 13.1 Å². The first-order chi connectivity index (χ1) is 8.40. The molecule has 0 spiro atoms. The second-order valence-corrected chi connectivity index (χ2v) is 5.20. The number of furan rings is 1. The van der Waals surface area contributed by atoms with Crippen molar-refractivity contribution < 1.29 is 8.81 Å². The summed E-state index contributed by atoms with van der Waals surface area (Å²) in [4.78, 5) is 0. The lowest BCUT2D eigenvalue weighted by Gasteiger charge is -2.12. The predicted molar refractivity (Wildman–Crippen MR) is 72.0 cm³/mol.